The number of Topliss-reactive ketones (excluding diaryl/α,β-unsaturated/α-hetero) is 1. The minimum Gasteiger partial charge on any atom is -0.373 e. The highest BCUT2D eigenvalue weighted by Gasteiger charge is 2.28. The number of nitrogens with zero attached hydrogens (tertiary/aromatic N) is 2. The molecule has 2 unspecified atom stereocenters. The predicted molar refractivity (Wildman–Crippen MR) is 126 cm³/mol. The fourth-order valence-corrected chi connectivity index (χ4v) is 4.96. The summed E-state index contributed by atoms with van der Waals surface area (Å²) in [6.07, 6.45) is 6.12. The van der Waals surface area contributed by atoms with Crippen LogP contribution < -0.4 is 11.1 Å². The van der Waals surface area contributed by atoms with Gasteiger partial charge in [0.2, 0.25) is 11.8 Å². The van der Waals surface area contributed by atoms with Gasteiger partial charge in [0.15, 0.2) is 5.78 Å². The number of piperidine rings is 1. The Bertz CT molecular complexity index is 936. The van der Waals surface area contributed by atoms with E-state index in [1.165, 1.54) is 30.1 Å². The summed E-state index contributed by atoms with van der Waals surface area (Å²) in [5.74, 6) is -1.64. The molecule has 1 radical (unpaired) electrons. The number of amides is 2. The van der Waals surface area contributed by atoms with Crippen molar-refractivity contribution in [3.63, 3.8) is 0 Å². The van der Waals surface area contributed by atoms with E-state index in [4.69, 9.17) is 5.73 Å². The Kier molecular flexibility index (Phi) is 9.24. The highest BCUT2D eigenvalue weighted by Crippen LogP contribution is 2.26. The standard InChI is InChI=1S/C24H28FN4O3S/c25-19-6-8-20(9-7-19)28-22(14-21(26)30)33-16-18(24(32)17-5-4-10-27-15-17)13-23(31)29-11-2-1-3-12-29/h4-10,15,18,22,26,28H,1-3,11-14,16H2. The van der Waals surface area contributed by atoms with Gasteiger partial charge >= 0.3 is 0 Å². The number of benzene rings is 1. The molecule has 2 amide bonds. The molecule has 175 valence electrons. The highest BCUT2D eigenvalue weighted by molar-refractivity contribution is 8.00. The van der Waals surface area contributed by atoms with E-state index in [1.807, 2.05) is 4.90 Å². The maximum atomic E-state index is 13.2. The van der Waals surface area contributed by atoms with Crippen molar-refractivity contribution in [2.75, 3.05) is 24.2 Å². The number of hydrogen-bond donors (Lipinski definition) is 1. The van der Waals surface area contributed by atoms with Crippen molar-refractivity contribution in [2.24, 2.45) is 5.92 Å². The minimum atomic E-state index is -0.748. The van der Waals surface area contributed by atoms with Crippen molar-refractivity contribution in [1.82, 2.24) is 15.6 Å². The summed E-state index contributed by atoms with van der Waals surface area (Å²) in [7, 11) is 0. The number of carbonyl (C=O) groups excluding carboxylic acids is 3. The summed E-state index contributed by atoms with van der Waals surface area (Å²) in [6, 6.07) is 9.07. The van der Waals surface area contributed by atoms with Crippen LogP contribution in [0, 0.1) is 11.7 Å². The molecule has 2 atom stereocenters. The Morgan fingerprint density at radius 3 is 2.45 bits per heavy atom. The van der Waals surface area contributed by atoms with E-state index in [-0.39, 0.29) is 30.3 Å². The number of rotatable bonds is 11. The Hall–Kier alpha value is -2.94. The van der Waals surface area contributed by atoms with E-state index >= 15 is 0 Å². The third kappa shape index (κ3) is 7.85. The summed E-state index contributed by atoms with van der Waals surface area (Å²) in [5, 5.41) is 2.63. The van der Waals surface area contributed by atoms with Gasteiger partial charge in [0.1, 0.15) is 5.82 Å². The number of carbonyl (C=O) groups is 3. The molecule has 1 aromatic carbocycles. The Morgan fingerprint density at radius 2 is 1.82 bits per heavy atom. The lowest BCUT2D eigenvalue weighted by molar-refractivity contribution is -0.132. The number of hydrogen-bond acceptors (Lipinski definition) is 6. The van der Waals surface area contributed by atoms with Crippen molar-refractivity contribution in [1.29, 1.82) is 0 Å². The van der Waals surface area contributed by atoms with Gasteiger partial charge in [-0.25, -0.2) is 4.39 Å². The van der Waals surface area contributed by atoms with Gasteiger partial charge in [-0.05, 0) is 55.7 Å². The average Bonchev–Trinajstić information content (AvgIpc) is 2.83. The van der Waals surface area contributed by atoms with Crippen LogP contribution in [0.5, 0.6) is 0 Å². The summed E-state index contributed by atoms with van der Waals surface area (Å²) in [5.41, 5.74) is 8.42. The number of pyridine rings is 1. The number of thioether (sulfide) groups is 1. The summed E-state index contributed by atoms with van der Waals surface area (Å²) in [4.78, 5) is 43.4. The van der Waals surface area contributed by atoms with Crippen molar-refractivity contribution in [2.45, 2.75) is 37.5 Å². The van der Waals surface area contributed by atoms with Crippen LogP contribution in [-0.2, 0) is 9.59 Å². The molecular weight excluding hydrogens is 443 g/mol. The second-order valence-electron chi connectivity index (χ2n) is 8.05. The maximum Gasteiger partial charge on any atom is 0.241 e. The zero-order chi connectivity index (χ0) is 23.6. The fraction of sp³-hybridized carbons (Fsp3) is 0.417. The Morgan fingerprint density at radius 1 is 1.09 bits per heavy atom. The zero-order valence-corrected chi connectivity index (χ0v) is 19.2. The van der Waals surface area contributed by atoms with Crippen LogP contribution in [0.15, 0.2) is 48.8 Å². The smallest absolute Gasteiger partial charge is 0.241 e. The molecule has 1 aromatic heterocycles. The van der Waals surface area contributed by atoms with Crippen molar-refractivity contribution >= 4 is 35.0 Å². The topological polar surface area (TPSA) is 103 Å². The number of aromatic nitrogens is 1. The molecule has 33 heavy (non-hydrogen) atoms. The molecule has 1 fully saturated rings. The molecule has 9 heteroatoms. The van der Waals surface area contributed by atoms with Gasteiger partial charge in [0.05, 0.1) is 11.8 Å². The number of ketones is 1. The number of halogens is 1. The average molecular weight is 472 g/mol. The first-order valence-corrected chi connectivity index (χ1v) is 12.1. The molecule has 2 N–H and O–H groups in total. The third-order valence-corrected chi connectivity index (χ3v) is 6.77. The quantitative estimate of drug-likeness (QED) is 0.395. The molecule has 7 nitrogen and oxygen atoms in total. The van der Waals surface area contributed by atoms with E-state index in [0.717, 1.165) is 19.3 Å². The van der Waals surface area contributed by atoms with Crippen molar-refractivity contribution < 1.29 is 18.8 Å². The SMILES string of the molecule is [NH]C(=O)CC(Nc1ccc(F)cc1)SCC(CC(=O)N1CCCCC1)C(=O)c1cccnc1. The van der Waals surface area contributed by atoms with Crippen LogP contribution in [-0.4, -0.2) is 51.7 Å². The van der Waals surface area contributed by atoms with Gasteiger partial charge in [-0.3, -0.25) is 25.1 Å². The molecule has 0 aliphatic carbocycles. The Labute approximate surface area is 197 Å². The first-order valence-electron chi connectivity index (χ1n) is 11.0. The van der Waals surface area contributed by atoms with E-state index < -0.39 is 17.2 Å². The second kappa shape index (κ2) is 12.3. The zero-order valence-electron chi connectivity index (χ0n) is 18.3. The number of nitrogens with one attached hydrogen (secondary N) is 2. The molecule has 1 aliphatic rings. The minimum absolute atomic E-state index is 0.0443. The van der Waals surface area contributed by atoms with Crippen LogP contribution in [0.2, 0.25) is 0 Å². The maximum absolute atomic E-state index is 13.2. The molecule has 0 saturated carbocycles. The van der Waals surface area contributed by atoms with Gasteiger partial charge in [0, 0.05) is 54.8 Å². The fourth-order valence-electron chi connectivity index (χ4n) is 3.74. The lowest BCUT2D eigenvalue weighted by atomic mass is 9.96. The van der Waals surface area contributed by atoms with Gasteiger partial charge in [-0.15, -0.1) is 11.8 Å². The van der Waals surface area contributed by atoms with Crippen LogP contribution in [0.4, 0.5) is 10.1 Å². The molecule has 2 aromatic rings. The van der Waals surface area contributed by atoms with Crippen LogP contribution in [0.25, 0.3) is 0 Å². The monoisotopic (exact) mass is 471 g/mol. The van der Waals surface area contributed by atoms with Crippen molar-refractivity contribution in [3.05, 3.63) is 60.2 Å². The normalized spacial score (nSPS) is 15.5. The summed E-state index contributed by atoms with van der Waals surface area (Å²) >= 11 is 1.31. The lowest BCUT2D eigenvalue weighted by Crippen LogP contribution is -2.38. The van der Waals surface area contributed by atoms with E-state index in [1.54, 1.807) is 30.5 Å². The number of likely N-dealkylation sites (tertiary alicyclic amines) is 1. The predicted octanol–water partition coefficient (Wildman–Crippen LogP) is 3.79. The number of anilines is 1. The highest BCUT2D eigenvalue weighted by atomic mass is 32.2. The first-order chi connectivity index (χ1) is 15.9. The molecule has 1 saturated heterocycles. The van der Waals surface area contributed by atoms with E-state index in [9.17, 15) is 18.8 Å². The van der Waals surface area contributed by atoms with Crippen molar-refractivity contribution in [3.8, 4) is 0 Å². The third-order valence-electron chi connectivity index (χ3n) is 5.49. The molecule has 0 spiro atoms. The Balaban J connectivity index is 1.71. The molecular formula is C24H28FN4O3S. The van der Waals surface area contributed by atoms with Crippen LogP contribution >= 0.6 is 11.8 Å². The molecule has 0 bridgehead atoms. The van der Waals surface area contributed by atoms with Gasteiger partial charge in [-0.1, -0.05) is 0 Å². The van der Waals surface area contributed by atoms with E-state index in [2.05, 4.69) is 10.3 Å². The summed E-state index contributed by atoms with van der Waals surface area (Å²) in [6.45, 7) is 1.42. The lowest BCUT2D eigenvalue weighted by Gasteiger charge is -2.28. The largest absolute Gasteiger partial charge is 0.373 e. The molecule has 2 heterocycles. The molecule has 1 aliphatic heterocycles. The van der Waals surface area contributed by atoms with Crippen LogP contribution in [0.1, 0.15) is 42.5 Å². The van der Waals surface area contributed by atoms with E-state index in [0.29, 0.717) is 30.1 Å². The van der Waals surface area contributed by atoms with Gasteiger partial charge in [-0.2, -0.15) is 0 Å². The van der Waals surface area contributed by atoms with Gasteiger partial charge in [0.25, 0.3) is 0 Å². The summed E-state index contributed by atoms with van der Waals surface area (Å²) < 4.78 is 13.2. The van der Waals surface area contributed by atoms with Gasteiger partial charge < -0.3 is 10.2 Å². The van der Waals surface area contributed by atoms with Crippen LogP contribution in [0.3, 0.4) is 0 Å². The molecule has 3 rings (SSSR count). The first kappa shape index (κ1) is 24.7. The second-order valence-corrected chi connectivity index (χ2v) is 9.28.